The van der Waals surface area contributed by atoms with E-state index in [1.165, 1.54) is 24.3 Å². The van der Waals surface area contributed by atoms with Crippen LogP contribution in [0.1, 0.15) is 0 Å². The first-order chi connectivity index (χ1) is 14.8. The lowest BCUT2D eigenvalue weighted by atomic mass is 10.2. The Morgan fingerprint density at radius 1 is 0.742 bits per heavy atom. The Bertz CT molecular complexity index is 1520. The van der Waals surface area contributed by atoms with Crippen molar-refractivity contribution in [2.45, 2.75) is 9.79 Å². The van der Waals surface area contributed by atoms with Crippen LogP contribution >= 0.6 is 0 Å². The van der Waals surface area contributed by atoms with Crippen molar-refractivity contribution in [2.75, 3.05) is 9.55 Å². The number of anilines is 1. The summed E-state index contributed by atoms with van der Waals surface area (Å²) in [6, 6.07) is 19.7. The molecule has 158 valence electrons. The molecule has 0 aliphatic heterocycles. The normalized spacial score (nSPS) is 11.9. The van der Waals surface area contributed by atoms with Crippen molar-refractivity contribution in [3.8, 4) is 0 Å². The summed E-state index contributed by atoms with van der Waals surface area (Å²) in [6.45, 7) is 0. The summed E-state index contributed by atoms with van der Waals surface area (Å²) >= 11 is 0. The van der Waals surface area contributed by atoms with Gasteiger partial charge < -0.3 is 0 Å². The molecule has 9 nitrogen and oxygen atoms in total. The number of rotatable bonds is 6. The number of nitrogens with one attached hydrogen (secondary N) is 2. The molecule has 31 heavy (non-hydrogen) atoms. The van der Waals surface area contributed by atoms with Crippen molar-refractivity contribution in [2.24, 2.45) is 0 Å². The zero-order chi connectivity index (χ0) is 22.1. The van der Waals surface area contributed by atoms with E-state index in [0.717, 1.165) is 12.4 Å². The van der Waals surface area contributed by atoms with Crippen molar-refractivity contribution >= 4 is 36.6 Å². The molecule has 0 fully saturated rings. The maximum atomic E-state index is 12.9. The van der Waals surface area contributed by atoms with Gasteiger partial charge in [-0.3, -0.25) is 9.52 Å². The Morgan fingerprint density at radius 2 is 1.39 bits per heavy atom. The second kappa shape index (κ2) is 7.85. The lowest BCUT2D eigenvalue weighted by Crippen LogP contribution is -2.33. The number of hydrogen-bond acceptors (Lipinski definition) is 6. The molecule has 0 spiro atoms. The molecule has 1 aromatic heterocycles. The van der Waals surface area contributed by atoms with E-state index in [-0.39, 0.29) is 20.7 Å². The van der Waals surface area contributed by atoms with E-state index < -0.39 is 25.6 Å². The third-order valence-corrected chi connectivity index (χ3v) is 7.05. The van der Waals surface area contributed by atoms with Crippen LogP contribution in [0.25, 0.3) is 10.9 Å². The van der Waals surface area contributed by atoms with Crippen LogP contribution in [0.15, 0.2) is 99.8 Å². The van der Waals surface area contributed by atoms with Crippen molar-refractivity contribution < 1.29 is 16.8 Å². The molecule has 0 saturated heterocycles. The first-order valence-electron chi connectivity index (χ1n) is 8.93. The predicted octanol–water partition coefficient (Wildman–Crippen LogP) is 2.13. The lowest BCUT2D eigenvalue weighted by Gasteiger charge is -2.11. The summed E-state index contributed by atoms with van der Waals surface area (Å²) < 4.78 is 53.6. The lowest BCUT2D eigenvalue weighted by molar-refractivity contribution is 0.593. The molecule has 1 heterocycles. The molecule has 0 unspecified atom stereocenters. The van der Waals surface area contributed by atoms with E-state index in [2.05, 4.69) is 14.5 Å². The van der Waals surface area contributed by atoms with Crippen molar-refractivity contribution in [3.63, 3.8) is 0 Å². The van der Waals surface area contributed by atoms with Gasteiger partial charge in [-0.1, -0.05) is 36.4 Å². The summed E-state index contributed by atoms with van der Waals surface area (Å²) in [5.41, 5.74) is -0.179. The van der Waals surface area contributed by atoms with Crippen LogP contribution in [-0.4, -0.2) is 26.5 Å². The fourth-order valence-corrected chi connectivity index (χ4v) is 4.93. The van der Waals surface area contributed by atoms with Crippen LogP contribution in [0.3, 0.4) is 0 Å². The van der Waals surface area contributed by atoms with Gasteiger partial charge in [0, 0.05) is 5.69 Å². The van der Waals surface area contributed by atoms with Crippen LogP contribution in [-0.2, 0) is 20.0 Å². The van der Waals surface area contributed by atoms with E-state index in [1.807, 2.05) is 0 Å². The van der Waals surface area contributed by atoms with E-state index in [1.54, 1.807) is 48.5 Å². The van der Waals surface area contributed by atoms with Gasteiger partial charge in [0.05, 0.1) is 20.7 Å². The predicted molar refractivity (Wildman–Crippen MR) is 116 cm³/mol. The Kier molecular flexibility index (Phi) is 5.21. The number of fused-ring (bicyclic) bond motifs is 1. The summed E-state index contributed by atoms with van der Waals surface area (Å²) in [5, 5.41) is -0.0609. The van der Waals surface area contributed by atoms with Gasteiger partial charge in [-0.15, -0.1) is 0 Å². The minimum atomic E-state index is -4.04. The van der Waals surface area contributed by atoms with Gasteiger partial charge in [0.25, 0.3) is 25.6 Å². The number of benzene rings is 3. The van der Waals surface area contributed by atoms with Gasteiger partial charge >= 0.3 is 0 Å². The van der Waals surface area contributed by atoms with E-state index >= 15 is 0 Å². The molecular formula is C20H16N4O5S2. The number of hydrogen-bond donors (Lipinski definition) is 2. The van der Waals surface area contributed by atoms with E-state index in [0.29, 0.717) is 10.4 Å². The monoisotopic (exact) mass is 456 g/mol. The molecule has 0 bridgehead atoms. The number of nitrogens with zero attached hydrogens (tertiary/aromatic N) is 2. The molecule has 0 atom stereocenters. The van der Waals surface area contributed by atoms with E-state index in [9.17, 15) is 21.6 Å². The molecular weight excluding hydrogens is 440 g/mol. The number of para-hydroxylation sites is 1. The smallest absolute Gasteiger partial charge is 0.280 e. The van der Waals surface area contributed by atoms with Crippen LogP contribution in [0.4, 0.5) is 5.69 Å². The second-order valence-electron chi connectivity index (χ2n) is 6.48. The fraction of sp³-hybridized carbons (Fsp3) is 0. The molecule has 3 aromatic carbocycles. The molecule has 0 saturated carbocycles. The molecule has 2 N–H and O–H groups in total. The Balaban J connectivity index is 1.73. The van der Waals surface area contributed by atoms with Gasteiger partial charge in [-0.05, 0) is 42.5 Å². The molecule has 0 radical (unpaired) electrons. The minimum Gasteiger partial charge on any atom is -0.280 e. The van der Waals surface area contributed by atoms with Crippen LogP contribution in [0, 0.1) is 0 Å². The Labute approximate surface area is 178 Å². The van der Waals surface area contributed by atoms with Gasteiger partial charge in [-0.25, -0.2) is 18.2 Å². The molecule has 4 aromatic rings. The van der Waals surface area contributed by atoms with Gasteiger partial charge in [0.15, 0.2) is 0 Å². The van der Waals surface area contributed by atoms with Gasteiger partial charge in [-0.2, -0.15) is 13.1 Å². The zero-order valence-corrected chi connectivity index (χ0v) is 17.5. The molecule has 0 aliphatic rings. The standard InChI is InChI=1S/C20H16N4O5S2/c25-20-18-13-17(30(26,27)22-15-7-3-1-4-8-15)11-12-19(18)21-14-24(20)23-31(28,29)16-9-5-2-6-10-16/h1-14,22-23H. The van der Waals surface area contributed by atoms with Crippen molar-refractivity contribution in [1.82, 2.24) is 9.66 Å². The zero-order valence-electron chi connectivity index (χ0n) is 15.8. The van der Waals surface area contributed by atoms with Crippen molar-refractivity contribution in [1.29, 1.82) is 0 Å². The van der Waals surface area contributed by atoms with Gasteiger partial charge in [0.1, 0.15) is 6.33 Å². The van der Waals surface area contributed by atoms with Crippen molar-refractivity contribution in [3.05, 3.63) is 95.5 Å². The highest BCUT2D eigenvalue weighted by molar-refractivity contribution is 7.92. The highest BCUT2D eigenvalue weighted by Crippen LogP contribution is 2.19. The fourth-order valence-electron chi connectivity index (χ4n) is 2.84. The first kappa shape index (κ1) is 20.6. The summed E-state index contributed by atoms with van der Waals surface area (Å²) in [6.07, 6.45) is 1.03. The summed E-state index contributed by atoms with van der Waals surface area (Å²) in [5.74, 6) is 0. The quantitative estimate of drug-likeness (QED) is 0.458. The van der Waals surface area contributed by atoms with Crippen LogP contribution < -0.4 is 15.1 Å². The Morgan fingerprint density at radius 3 is 2.06 bits per heavy atom. The SMILES string of the molecule is O=c1c2cc(S(=O)(=O)Nc3ccccc3)ccc2ncn1NS(=O)(=O)c1ccccc1. The second-order valence-corrected chi connectivity index (χ2v) is 9.82. The number of sulfonamides is 2. The minimum absolute atomic E-state index is 0.0367. The summed E-state index contributed by atoms with van der Waals surface area (Å²) in [4.78, 5) is 18.8. The van der Waals surface area contributed by atoms with Gasteiger partial charge in [0.2, 0.25) is 0 Å². The van der Waals surface area contributed by atoms with E-state index in [4.69, 9.17) is 0 Å². The highest BCUT2D eigenvalue weighted by atomic mass is 32.2. The summed E-state index contributed by atoms with van der Waals surface area (Å²) in [7, 11) is -8.02. The third kappa shape index (κ3) is 4.27. The highest BCUT2D eigenvalue weighted by Gasteiger charge is 2.18. The molecule has 0 aliphatic carbocycles. The number of aromatic nitrogens is 2. The van der Waals surface area contributed by atoms with Crippen LogP contribution in [0.5, 0.6) is 0 Å². The molecule has 4 rings (SSSR count). The third-order valence-electron chi connectivity index (χ3n) is 4.34. The average Bonchev–Trinajstić information content (AvgIpc) is 2.76. The first-order valence-corrected chi connectivity index (χ1v) is 11.9. The maximum Gasteiger partial charge on any atom is 0.280 e. The Hall–Kier alpha value is -3.70. The average molecular weight is 457 g/mol. The van der Waals surface area contributed by atoms with Crippen LogP contribution in [0.2, 0.25) is 0 Å². The molecule has 11 heteroatoms. The largest absolute Gasteiger partial charge is 0.280 e. The molecule has 0 amide bonds. The maximum absolute atomic E-state index is 12.9. The topological polar surface area (TPSA) is 127 Å².